The summed E-state index contributed by atoms with van der Waals surface area (Å²) < 4.78 is 11.1. The molecular formula is C21H37IN4O2. The van der Waals surface area contributed by atoms with Crippen LogP contribution >= 0.6 is 24.0 Å². The van der Waals surface area contributed by atoms with Gasteiger partial charge in [0.05, 0.1) is 18.8 Å². The third-order valence-electron chi connectivity index (χ3n) is 5.25. The molecule has 1 saturated heterocycles. The van der Waals surface area contributed by atoms with Crippen LogP contribution in [0.1, 0.15) is 44.7 Å². The number of halogens is 1. The molecule has 6 nitrogen and oxygen atoms in total. The molecule has 1 heterocycles. The second-order valence-electron chi connectivity index (χ2n) is 7.62. The van der Waals surface area contributed by atoms with Gasteiger partial charge in [0.25, 0.3) is 0 Å². The van der Waals surface area contributed by atoms with Gasteiger partial charge in [0, 0.05) is 32.8 Å². The van der Waals surface area contributed by atoms with E-state index < -0.39 is 0 Å². The number of rotatable bonds is 8. The van der Waals surface area contributed by atoms with E-state index in [1.54, 1.807) is 21.3 Å². The lowest BCUT2D eigenvalue weighted by molar-refractivity contribution is 0.0268. The summed E-state index contributed by atoms with van der Waals surface area (Å²) in [7, 11) is 5.27. The minimum absolute atomic E-state index is 0. The number of aliphatic imine (C=N–C) groups is 1. The molecule has 28 heavy (non-hydrogen) atoms. The van der Waals surface area contributed by atoms with Gasteiger partial charge in [-0.3, -0.25) is 9.89 Å². The minimum atomic E-state index is -0.244. The fraction of sp³-hybridized carbons (Fsp3) is 0.667. The summed E-state index contributed by atoms with van der Waals surface area (Å²) in [6.07, 6.45) is 3.82. The maximum Gasteiger partial charge on any atom is 0.191 e. The van der Waals surface area contributed by atoms with E-state index in [-0.39, 0.29) is 35.6 Å². The smallest absolute Gasteiger partial charge is 0.191 e. The Hall–Kier alpha value is -1.06. The molecule has 0 aromatic heterocycles. The molecule has 160 valence electrons. The molecule has 0 saturated carbocycles. The molecule has 1 aromatic carbocycles. The molecule has 0 radical (unpaired) electrons. The van der Waals surface area contributed by atoms with Gasteiger partial charge in [0.15, 0.2) is 5.96 Å². The van der Waals surface area contributed by atoms with E-state index in [1.807, 2.05) is 12.1 Å². The molecule has 0 bridgehead atoms. The van der Waals surface area contributed by atoms with Crippen LogP contribution in [0.15, 0.2) is 29.3 Å². The number of nitrogens with one attached hydrogen (secondary N) is 2. The highest BCUT2D eigenvalue weighted by atomic mass is 127. The number of nitrogens with zero attached hydrogens (tertiary/aromatic N) is 2. The average Bonchev–Trinajstić information content (AvgIpc) is 2.71. The molecular weight excluding hydrogens is 467 g/mol. The highest BCUT2D eigenvalue weighted by Gasteiger charge is 2.25. The molecule has 0 aliphatic carbocycles. The molecule has 0 amide bonds. The Balaban J connectivity index is 0.00000392. The number of methoxy groups -OCH3 is 2. The first-order valence-electron chi connectivity index (χ1n) is 9.87. The van der Waals surface area contributed by atoms with Gasteiger partial charge in [-0.1, -0.05) is 24.6 Å². The van der Waals surface area contributed by atoms with Crippen molar-refractivity contribution in [2.24, 2.45) is 4.99 Å². The van der Waals surface area contributed by atoms with Crippen LogP contribution in [-0.2, 0) is 4.74 Å². The van der Waals surface area contributed by atoms with E-state index in [2.05, 4.69) is 46.5 Å². The first kappa shape index (κ1) is 25.0. The summed E-state index contributed by atoms with van der Waals surface area (Å²) in [5.41, 5.74) is 0.981. The Morgan fingerprint density at radius 3 is 2.43 bits per heavy atom. The fourth-order valence-corrected chi connectivity index (χ4v) is 3.39. The topological polar surface area (TPSA) is 58.1 Å². The number of para-hydroxylation sites is 1. The predicted molar refractivity (Wildman–Crippen MR) is 127 cm³/mol. The first-order valence-corrected chi connectivity index (χ1v) is 9.87. The van der Waals surface area contributed by atoms with Crippen molar-refractivity contribution in [1.29, 1.82) is 0 Å². The van der Waals surface area contributed by atoms with Crippen molar-refractivity contribution in [3.63, 3.8) is 0 Å². The van der Waals surface area contributed by atoms with Crippen LogP contribution in [0.25, 0.3) is 0 Å². The lowest BCUT2D eigenvalue weighted by Gasteiger charge is -2.36. The first-order chi connectivity index (χ1) is 13.0. The lowest BCUT2D eigenvalue weighted by atomic mass is 10.0. The van der Waals surface area contributed by atoms with Gasteiger partial charge in [-0.15, -0.1) is 24.0 Å². The van der Waals surface area contributed by atoms with Gasteiger partial charge in [-0.05, 0) is 45.8 Å². The zero-order valence-corrected chi connectivity index (χ0v) is 20.3. The maximum absolute atomic E-state index is 5.64. The summed E-state index contributed by atoms with van der Waals surface area (Å²) in [5, 5.41) is 6.86. The van der Waals surface area contributed by atoms with Gasteiger partial charge >= 0.3 is 0 Å². The fourth-order valence-electron chi connectivity index (χ4n) is 3.39. The Bertz CT molecular complexity index is 604. The third kappa shape index (κ3) is 7.40. The summed E-state index contributed by atoms with van der Waals surface area (Å²) >= 11 is 0. The van der Waals surface area contributed by atoms with Crippen LogP contribution in [0.3, 0.4) is 0 Å². The quantitative estimate of drug-likeness (QED) is 0.323. The third-order valence-corrected chi connectivity index (χ3v) is 5.25. The second kappa shape index (κ2) is 12.5. The van der Waals surface area contributed by atoms with E-state index in [0.29, 0.717) is 6.54 Å². The van der Waals surface area contributed by atoms with Crippen LogP contribution in [0.5, 0.6) is 5.75 Å². The number of hydrogen-bond donors (Lipinski definition) is 2. The summed E-state index contributed by atoms with van der Waals surface area (Å²) in [6.45, 7) is 7.80. The number of guanidine groups is 1. The normalized spacial score (nSPS) is 16.8. The number of likely N-dealkylation sites (tertiary alicyclic amines) is 1. The summed E-state index contributed by atoms with van der Waals surface area (Å²) in [5.74, 6) is 1.73. The number of ether oxygens (including phenoxy) is 2. The standard InChI is InChI=1S/C21H36N4O2.HI/c1-21(2,27-5)16-24-20(22-3)23-15-18(25-13-9-6-10-14-25)17-11-7-8-12-19(17)26-4;/h7-8,11-12,18H,6,9-10,13-16H2,1-5H3,(H2,22,23,24);1H. The SMILES string of the molecule is CN=C(NCC(c1ccccc1OC)N1CCCCC1)NCC(C)(C)OC.I. The van der Waals surface area contributed by atoms with Gasteiger partial charge in [0.2, 0.25) is 0 Å². The van der Waals surface area contributed by atoms with Crippen LogP contribution in [0.4, 0.5) is 0 Å². The van der Waals surface area contributed by atoms with Gasteiger partial charge in [0.1, 0.15) is 5.75 Å². The molecule has 2 N–H and O–H groups in total. The summed E-state index contributed by atoms with van der Waals surface area (Å²) in [6, 6.07) is 8.57. The van der Waals surface area contributed by atoms with E-state index in [0.717, 1.165) is 31.3 Å². The monoisotopic (exact) mass is 504 g/mol. The molecule has 2 rings (SSSR count). The largest absolute Gasteiger partial charge is 0.496 e. The predicted octanol–water partition coefficient (Wildman–Crippen LogP) is 3.43. The second-order valence-corrected chi connectivity index (χ2v) is 7.62. The van der Waals surface area contributed by atoms with Crippen molar-refractivity contribution < 1.29 is 9.47 Å². The molecule has 1 aliphatic rings. The van der Waals surface area contributed by atoms with Crippen LogP contribution in [0, 0.1) is 0 Å². The van der Waals surface area contributed by atoms with Gasteiger partial charge < -0.3 is 20.1 Å². The number of hydrogen-bond acceptors (Lipinski definition) is 4. The Kier molecular flexibility index (Phi) is 11.1. The molecule has 1 aromatic rings. The zero-order chi connectivity index (χ0) is 19.7. The van der Waals surface area contributed by atoms with E-state index in [1.165, 1.54) is 24.8 Å². The van der Waals surface area contributed by atoms with E-state index in [9.17, 15) is 0 Å². The number of benzene rings is 1. The van der Waals surface area contributed by atoms with Crippen LogP contribution in [-0.4, -0.2) is 63.9 Å². The van der Waals surface area contributed by atoms with Gasteiger partial charge in [-0.2, -0.15) is 0 Å². The van der Waals surface area contributed by atoms with Crippen molar-refractivity contribution in [1.82, 2.24) is 15.5 Å². The van der Waals surface area contributed by atoms with Gasteiger partial charge in [-0.25, -0.2) is 0 Å². The van der Waals surface area contributed by atoms with E-state index >= 15 is 0 Å². The molecule has 1 atom stereocenters. The van der Waals surface area contributed by atoms with Crippen LogP contribution < -0.4 is 15.4 Å². The zero-order valence-electron chi connectivity index (χ0n) is 18.0. The van der Waals surface area contributed by atoms with Crippen molar-refractivity contribution in [2.45, 2.75) is 44.8 Å². The maximum atomic E-state index is 5.64. The molecule has 1 aliphatic heterocycles. The molecule has 0 spiro atoms. The average molecular weight is 504 g/mol. The Morgan fingerprint density at radius 1 is 1.14 bits per heavy atom. The van der Waals surface area contributed by atoms with E-state index in [4.69, 9.17) is 9.47 Å². The lowest BCUT2D eigenvalue weighted by Crippen LogP contribution is -2.48. The number of piperidine rings is 1. The minimum Gasteiger partial charge on any atom is -0.496 e. The van der Waals surface area contributed by atoms with Crippen LogP contribution in [0.2, 0.25) is 0 Å². The van der Waals surface area contributed by atoms with Crippen molar-refractivity contribution in [2.75, 3.05) is 47.4 Å². The molecule has 7 heteroatoms. The summed E-state index contributed by atoms with van der Waals surface area (Å²) in [4.78, 5) is 6.92. The van der Waals surface area contributed by atoms with Crippen molar-refractivity contribution in [3.8, 4) is 5.75 Å². The Labute approximate surface area is 187 Å². The Morgan fingerprint density at radius 2 is 1.82 bits per heavy atom. The van der Waals surface area contributed by atoms with Crippen molar-refractivity contribution >= 4 is 29.9 Å². The van der Waals surface area contributed by atoms with Crippen molar-refractivity contribution in [3.05, 3.63) is 29.8 Å². The molecule has 1 fully saturated rings. The highest BCUT2D eigenvalue weighted by Crippen LogP contribution is 2.30. The molecule has 1 unspecified atom stereocenters. The highest BCUT2D eigenvalue weighted by molar-refractivity contribution is 14.0.